The molecule has 118 valence electrons. The van der Waals surface area contributed by atoms with E-state index in [1.165, 1.54) is 6.42 Å². The van der Waals surface area contributed by atoms with Gasteiger partial charge in [0.05, 0.1) is 12.1 Å². The lowest BCUT2D eigenvalue weighted by atomic mass is 9.63. The predicted molar refractivity (Wildman–Crippen MR) is 86.9 cm³/mol. The minimum absolute atomic E-state index is 0.146. The van der Waals surface area contributed by atoms with Crippen LogP contribution in [0, 0.1) is 10.8 Å². The first kappa shape index (κ1) is 16.3. The van der Waals surface area contributed by atoms with Gasteiger partial charge in [0.25, 0.3) is 0 Å². The Morgan fingerprint density at radius 3 is 2.57 bits per heavy atom. The molecule has 0 radical (unpaired) electrons. The van der Waals surface area contributed by atoms with Gasteiger partial charge in [-0.15, -0.1) is 11.3 Å². The molecule has 0 unspecified atom stereocenters. The molecule has 1 aliphatic rings. The minimum Gasteiger partial charge on any atom is -0.481 e. The van der Waals surface area contributed by atoms with Crippen molar-refractivity contribution in [3.63, 3.8) is 0 Å². The second-order valence-electron chi connectivity index (χ2n) is 7.79. The number of hydrogen-bond acceptors (Lipinski definition) is 4. The van der Waals surface area contributed by atoms with E-state index in [-0.39, 0.29) is 6.42 Å². The Balaban J connectivity index is 1.96. The van der Waals surface area contributed by atoms with Crippen molar-refractivity contribution in [2.75, 3.05) is 5.32 Å². The van der Waals surface area contributed by atoms with Gasteiger partial charge in [-0.1, -0.05) is 27.7 Å². The number of aliphatic carboxylic acids is 1. The summed E-state index contributed by atoms with van der Waals surface area (Å²) in [5, 5.41) is 15.2. The third kappa shape index (κ3) is 4.99. The third-order valence-corrected chi connectivity index (χ3v) is 4.85. The van der Waals surface area contributed by atoms with Gasteiger partial charge in [0.1, 0.15) is 0 Å². The molecule has 5 heteroatoms. The highest BCUT2D eigenvalue weighted by molar-refractivity contribution is 7.13. The number of anilines is 1. The topological polar surface area (TPSA) is 62.2 Å². The van der Waals surface area contributed by atoms with Crippen LogP contribution in [0.4, 0.5) is 5.13 Å². The van der Waals surface area contributed by atoms with Gasteiger partial charge in [-0.05, 0) is 30.1 Å². The number of aromatic nitrogens is 1. The number of carboxylic acids is 1. The molecule has 0 amide bonds. The van der Waals surface area contributed by atoms with E-state index < -0.39 is 5.97 Å². The highest BCUT2D eigenvalue weighted by atomic mass is 32.1. The second kappa shape index (κ2) is 5.95. The summed E-state index contributed by atoms with van der Waals surface area (Å²) in [5.74, 6) is -0.770. The van der Waals surface area contributed by atoms with Crippen molar-refractivity contribution >= 4 is 22.4 Å². The van der Waals surface area contributed by atoms with Crippen LogP contribution in [0.5, 0.6) is 0 Å². The lowest BCUT2D eigenvalue weighted by molar-refractivity contribution is -0.136. The Morgan fingerprint density at radius 2 is 2.00 bits per heavy atom. The van der Waals surface area contributed by atoms with Crippen LogP contribution in [-0.4, -0.2) is 22.1 Å². The van der Waals surface area contributed by atoms with Gasteiger partial charge in [-0.25, -0.2) is 4.98 Å². The summed E-state index contributed by atoms with van der Waals surface area (Å²) in [6.07, 6.45) is 4.21. The van der Waals surface area contributed by atoms with Crippen molar-refractivity contribution in [1.82, 2.24) is 4.98 Å². The first-order valence-electron chi connectivity index (χ1n) is 7.58. The predicted octanol–water partition coefficient (Wildman–Crippen LogP) is 4.18. The van der Waals surface area contributed by atoms with E-state index >= 15 is 0 Å². The lowest BCUT2D eigenvalue weighted by Crippen LogP contribution is -2.40. The molecule has 2 N–H and O–H groups in total. The van der Waals surface area contributed by atoms with Gasteiger partial charge < -0.3 is 10.4 Å². The van der Waals surface area contributed by atoms with Crippen molar-refractivity contribution in [3.8, 4) is 0 Å². The number of carboxylic acid groups (broad SMARTS) is 1. The Labute approximate surface area is 131 Å². The van der Waals surface area contributed by atoms with Crippen molar-refractivity contribution in [2.24, 2.45) is 10.8 Å². The number of thiazole rings is 1. The van der Waals surface area contributed by atoms with Crippen LogP contribution in [0.25, 0.3) is 0 Å². The molecule has 0 aromatic carbocycles. The van der Waals surface area contributed by atoms with E-state index in [4.69, 9.17) is 5.11 Å². The standard InChI is InChI=1S/C16H26N2O2S/c1-15(2)7-12(8-16(3,4)10-15)18-14-17-11(9-21-14)5-6-13(19)20/h9,12H,5-8,10H2,1-4H3,(H,17,18)(H,19,20). The highest BCUT2D eigenvalue weighted by Gasteiger charge is 2.38. The zero-order chi connectivity index (χ0) is 15.7. The molecule has 0 saturated heterocycles. The molecular weight excluding hydrogens is 284 g/mol. The van der Waals surface area contributed by atoms with E-state index in [2.05, 4.69) is 38.0 Å². The molecule has 0 spiro atoms. The number of hydrogen-bond donors (Lipinski definition) is 2. The van der Waals surface area contributed by atoms with Crippen molar-refractivity contribution in [3.05, 3.63) is 11.1 Å². The van der Waals surface area contributed by atoms with Crippen LogP contribution in [0.2, 0.25) is 0 Å². The highest BCUT2D eigenvalue weighted by Crippen LogP contribution is 2.46. The first-order chi connectivity index (χ1) is 9.65. The van der Waals surface area contributed by atoms with Gasteiger partial charge >= 0.3 is 5.97 Å². The Kier molecular flexibility index (Phi) is 4.61. The number of rotatable bonds is 5. The van der Waals surface area contributed by atoms with E-state index in [0.717, 1.165) is 23.7 Å². The summed E-state index contributed by atoms with van der Waals surface area (Å²) < 4.78 is 0. The normalized spacial score (nSPS) is 21.1. The van der Waals surface area contributed by atoms with Crippen LogP contribution >= 0.6 is 11.3 Å². The molecule has 21 heavy (non-hydrogen) atoms. The van der Waals surface area contributed by atoms with Gasteiger partial charge in [0.2, 0.25) is 0 Å². The molecule has 1 fully saturated rings. The smallest absolute Gasteiger partial charge is 0.303 e. The molecule has 0 aliphatic heterocycles. The fourth-order valence-corrected chi connectivity index (χ4v) is 4.67. The fourth-order valence-electron chi connectivity index (χ4n) is 3.85. The van der Waals surface area contributed by atoms with Crippen LogP contribution < -0.4 is 5.32 Å². The summed E-state index contributed by atoms with van der Waals surface area (Å²) in [5.41, 5.74) is 1.57. The Bertz CT molecular complexity index is 492. The van der Waals surface area contributed by atoms with Crippen LogP contribution in [0.1, 0.15) is 59.1 Å². The Morgan fingerprint density at radius 1 is 1.38 bits per heavy atom. The number of carbonyl (C=O) groups is 1. The molecule has 0 atom stereocenters. The number of nitrogens with zero attached hydrogens (tertiary/aromatic N) is 1. The molecule has 4 nitrogen and oxygen atoms in total. The molecule has 1 aromatic rings. The van der Waals surface area contributed by atoms with Crippen molar-refractivity contribution in [1.29, 1.82) is 0 Å². The molecule has 1 heterocycles. The van der Waals surface area contributed by atoms with Crippen molar-refractivity contribution in [2.45, 2.75) is 65.8 Å². The minimum atomic E-state index is -0.770. The van der Waals surface area contributed by atoms with Crippen LogP contribution in [0.3, 0.4) is 0 Å². The van der Waals surface area contributed by atoms with Gasteiger partial charge in [-0.3, -0.25) is 4.79 Å². The monoisotopic (exact) mass is 310 g/mol. The second-order valence-corrected chi connectivity index (χ2v) is 8.65. The first-order valence-corrected chi connectivity index (χ1v) is 8.46. The fraction of sp³-hybridized carbons (Fsp3) is 0.750. The summed E-state index contributed by atoms with van der Waals surface area (Å²) >= 11 is 1.58. The summed E-state index contributed by atoms with van der Waals surface area (Å²) in [6, 6.07) is 0.447. The quantitative estimate of drug-likeness (QED) is 0.856. The maximum atomic E-state index is 10.6. The lowest BCUT2D eigenvalue weighted by Gasteiger charge is -2.45. The zero-order valence-corrected chi connectivity index (χ0v) is 14.2. The maximum Gasteiger partial charge on any atom is 0.303 e. The Hall–Kier alpha value is -1.10. The van der Waals surface area contributed by atoms with E-state index in [1.54, 1.807) is 11.3 Å². The van der Waals surface area contributed by atoms with Crippen LogP contribution in [-0.2, 0) is 11.2 Å². The van der Waals surface area contributed by atoms with Crippen LogP contribution in [0.15, 0.2) is 5.38 Å². The van der Waals surface area contributed by atoms with E-state index in [0.29, 0.717) is 23.3 Å². The average Bonchev–Trinajstić information content (AvgIpc) is 2.69. The molecule has 1 aromatic heterocycles. The largest absolute Gasteiger partial charge is 0.481 e. The van der Waals surface area contributed by atoms with Gasteiger partial charge in [-0.2, -0.15) is 0 Å². The van der Waals surface area contributed by atoms with Crippen molar-refractivity contribution < 1.29 is 9.90 Å². The summed E-state index contributed by atoms with van der Waals surface area (Å²) in [6.45, 7) is 9.34. The number of nitrogens with one attached hydrogen (secondary N) is 1. The zero-order valence-electron chi connectivity index (χ0n) is 13.4. The molecule has 1 aliphatic carbocycles. The summed E-state index contributed by atoms with van der Waals surface area (Å²) in [4.78, 5) is 15.1. The third-order valence-electron chi connectivity index (χ3n) is 4.03. The van der Waals surface area contributed by atoms with E-state index in [1.807, 2.05) is 5.38 Å². The molecule has 1 saturated carbocycles. The number of aryl methyl sites for hydroxylation is 1. The SMILES string of the molecule is CC1(C)CC(Nc2nc(CCC(=O)O)cs2)CC(C)(C)C1. The summed E-state index contributed by atoms with van der Waals surface area (Å²) in [7, 11) is 0. The average molecular weight is 310 g/mol. The van der Waals surface area contributed by atoms with E-state index in [9.17, 15) is 4.79 Å². The van der Waals surface area contributed by atoms with Gasteiger partial charge in [0.15, 0.2) is 5.13 Å². The molecular formula is C16H26N2O2S. The maximum absolute atomic E-state index is 10.6. The molecule has 0 bridgehead atoms. The molecule has 2 rings (SSSR count). The van der Waals surface area contributed by atoms with Gasteiger partial charge in [0, 0.05) is 17.8 Å².